The topological polar surface area (TPSA) is 79.7 Å². The molecule has 0 aliphatic heterocycles. The smallest absolute Gasteiger partial charge is 0.354 e. The van der Waals surface area contributed by atoms with Crippen LogP contribution >= 0.6 is 0 Å². The average Bonchev–Trinajstić information content (AvgIpc) is 2.39. The van der Waals surface area contributed by atoms with Crippen molar-refractivity contribution in [2.45, 2.75) is 19.9 Å². The van der Waals surface area contributed by atoms with Gasteiger partial charge in [0, 0.05) is 19.9 Å². The normalized spacial score (nSPS) is 11.9. The van der Waals surface area contributed by atoms with Crippen molar-refractivity contribution in [3.05, 3.63) is 29.6 Å². The lowest BCUT2D eigenvalue weighted by atomic mass is 10.2. The average molecular weight is 266 g/mol. The van der Waals surface area contributed by atoms with Crippen LogP contribution in [0, 0.1) is 0 Å². The number of ether oxygens (including phenoxy) is 1. The molecule has 1 N–H and O–H groups in total. The number of carboxylic acids is 1. The summed E-state index contributed by atoms with van der Waals surface area (Å²) < 4.78 is 5.04. The molecule has 0 spiro atoms. The van der Waals surface area contributed by atoms with Crippen LogP contribution in [0.1, 0.15) is 34.7 Å². The lowest BCUT2D eigenvalue weighted by Gasteiger charge is -2.27. The second kappa shape index (κ2) is 6.84. The van der Waals surface area contributed by atoms with Crippen LogP contribution in [0.3, 0.4) is 0 Å². The third kappa shape index (κ3) is 3.75. The fourth-order valence-electron chi connectivity index (χ4n) is 1.80. The molecule has 1 atom stereocenters. The Morgan fingerprint density at radius 1 is 1.47 bits per heavy atom. The molecular formula is C13H18N2O4. The Balaban J connectivity index is 2.88. The zero-order valence-corrected chi connectivity index (χ0v) is 11.3. The monoisotopic (exact) mass is 266 g/mol. The number of aromatic carboxylic acids is 1. The number of carbonyl (C=O) groups excluding carboxylic acids is 1. The largest absolute Gasteiger partial charge is 0.477 e. The minimum Gasteiger partial charge on any atom is -0.477 e. The lowest BCUT2D eigenvalue weighted by molar-refractivity contribution is 0.0577. The molecule has 6 heteroatoms. The number of hydrogen-bond donors (Lipinski definition) is 1. The van der Waals surface area contributed by atoms with E-state index in [-0.39, 0.29) is 17.6 Å². The van der Waals surface area contributed by atoms with Gasteiger partial charge in [0.05, 0.1) is 18.2 Å². The van der Waals surface area contributed by atoms with Gasteiger partial charge in [0.1, 0.15) is 5.69 Å². The molecule has 1 aromatic rings. The standard InChI is InChI=1S/C13H18N2O4/c1-4-15(9(2)8-19-3)12(16)10-5-6-11(13(17)18)14-7-10/h5-7,9H,4,8H2,1-3H3,(H,17,18). The van der Waals surface area contributed by atoms with Crippen molar-refractivity contribution in [2.24, 2.45) is 0 Å². The summed E-state index contributed by atoms with van der Waals surface area (Å²) in [4.78, 5) is 28.3. The molecule has 0 saturated carbocycles. The quantitative estimate of drug-likeness (QED) is 0.839. The number of nitrogens with zero attached hydrogens (tertiary/aromatic N) is 2. The van der Waals surface area contributed by atoms with Gasteiger partial charge in [0.15, 0.2) is 0 Å². The van der Waals surface area contributed by atoms with E-state index in [1.165, 1.54) is 18.3 Å². The maximum absolute atomic E-state index is 12.3. The second-order valence-corrected chi connectivity index (χ2v) is 4.13. The third-order valence-corrected chi connectivity index (χ3v) is 2.77. The molecule has 1 heterocycles. The number of amides is 1. The summed E-state index contributed by atoms with van der Waals surface area (Å²) in [6, 6.07) is 2.74. The van der Waals surface area contributed by atoms with Gasteiger partial charge in [-0.05, 0) is 26.0 Å². The molecule has 0 radical (unpaired) electrons. The SMILES string of the molecule is CCN(C(=O)c1ccc(C(=O)O)nc1)C(C)COC. The fourth-order valence-corrected chi connectivity index (χ4v) is 1.80. The summed E-state index contributed by atoms with van der Waals surface area (Å²) >= 11 is 0. The third-order valence-electron chi connectivity index (χ3n) is 2.77. The van der Waals surface area contributed by atoms with Gasteiger partial charge in [-0.3, -0.25) is 4.79 Å². The summed E-state index contributed by atoms with van der Waals surface area (Å²) in [6.45, 7) is 4.76. The van der Waals surface area contributed by atoms with Gasteiger partial charge in [0.2, 0.25) is 0 Å². The number of likely N-dealkylation sites (N-methyl/N-ethyl adjacent to an activating group) is 1. The first-order chi connectivity index (χ1) is 9.01. The second-order valence-electron chi connectivity index (χ2n) is 4.13. The van der Waals surface area contributed by atoms with Crippen molar-refractivity contribution in [1.82, 2.24) is 9.88 Å². The molecule has 0 aliphatic carbocycles. The van der Waals surface area contributed by atoms with E-state index in [2.05, 4.69) is 4.98 Å². The molecule has 0 aromatic carbocycles. The molecule has 1 rings (SSSR count). The van der Waals surface area contributed by atoms with E-state index in [9.17, 15) is 9.59 Å². The lowest BCUT2D eigenvalue weighted by Crippen LogP contribution is -2.41. The van der Waals surface area contributed by atoms with Crippen molar-refractivity contribution >= 4 is 11.9 Å². The van der Waals surface area contributed by atoms with Gasteiger partial charge >= 0.3 is 5.97 Å². The van der Waals surface area contributed by atoms with Gasteiger partial charge in [-0.2, -0.15) is 0 Å². The van der Waals surface area contributed by atoms with Crippen LogP contribution in [0.25, 0.3) is 0 Å². The highest BCUT2D eigenvalue weighted by Gasteiger charge is 2.20. The first-order valence-corrected chi connectivity index (χ1v) is 6.00. The van der Waals surface area contributed by atoms with E-state index in [1.54, 1.807) is 12.0 Å². The summed E-state index contributed by atoms with van der Waals surface area (Å²) in [5.74, 6) is -1.30. The van der Waals surface area contributed by atoms with Gasteiger partial charge in [0.25, 0.3) is 5.91 Å². The van der Waals surface area contributed by atoms with Crippen LogP contribution in [-0.2, 0) is 4.74 Å². The van der Waals surface area contributed by atoms with Crippen molar-refractivity contribution < 1.29 is 19.4 Å². The fraction of sp³-hybridized carbons (Fsp3) is 0.462. The highest BCUT2D eigenvalue weighted by molar-refractivity contribution is 5.95. The molecular weight excluding hydrogens is 248 g/mol. The summed E-state index contributed by atoms with van der Waals surface area (Å²) in [7, 11) is 1.58. The van der Waals surface area contributed by atoms with E-state index in [1.807, 2.05) is 13.8 Å². The minimum absolute atomic E-state index is 0.0540. The maximum Gasteiger partial charge on any atom is 0.354 e. The van der Waals surface area contributed by atoms with E-state index in [0.29, 0.717) is 18.7 Å². The van der Waals surface area contributed by atoms with Gasteiger partial charge in [-0.15, -0.1) is 0 Å². The molecule has 0 fully saturated rings. The Labute approximate surface area is 112 Å². The number of pyridine rings is 1. The zero-order chi connectivity index (χ0) is 14.4. The molecule has 19 heavy (non-hydrogen) atoms. The summed E-state index contributed by atoms with van der Waals surface area (Å²) in [5, 5.41) is 8.75. The van der Waals surface area contributed by atoms with Gasteiger partial charge in [-0.1, -0.05) is 0 Å². The summed E-state index contributed by atoms with van der Waals surface area (Å²) in [6.07, 6.45) is 1.29. The van der Waals surface area contributed by atoms with Crippen LogP contribution in [-0.4, -0.2) is 53.2 Å². The van der Waals surface area contributed by atoms with E-state index in [0.717, 1.165) is 0 Å². The Morgan fingerprint density at radius 3 is 2.58 bits per heavy atom. The van der Waals surface area contributed by atoms with Crippen LogP contribution in [0.15, 0.2) is 18.3 Å². The van der Waals surface area contributed by atoms with Crippen LogP contribution in [0.4, 0.5) is 0 Å². The molecule has 6 nitrogen and oxygen atoms in total. The van der Waals surface area contributed by atoms with Gasteiger partial charge in [-0.25, -0.2) is 9.78 Å². The Kier molecular flexibility index (Phi) is 5.44. The number of rotatable bonds is 6. The molecule has 1 amide bonds. The molecule has 0 aliphatic rings. The van der Waals surface area contributed by atoms with E-state index < -0.39 is 5.97 Å². The Hall–Kier alpha value is -1.95. The predicted molar refractivity (Wildman–Crippen MR) is 69.2 cm³/mol. The first-order valence-electron chi connectivity index (χ1n) is 6.00. The van der Waals surface area contributed by atoms with Crippen molar-refractivity contribution in [2.75, 3.05) is 20.3 Å². The minimum atomic E-state index is -1.11. The Bertz CT molecular complexity index is 444. The van der Waals surface area contributed by atoms with Crippen molar-refractivity contribution in [1.29, 1.82) is 0 Å². The summed E-state index contributed by atoms with van der Waals surface area (Å²) in [5.41, 5.74) is 0.291. The molecule has 104 valence electrons. The van der Waals surface area contributed by atoms with Crippen LogP contribution < -0.4 is 0 Å². The predicted octanol–water partition coefficient (Wildman–Crippen LogP) is 1.28. The number of methoxy groups -OCH3 is 1. The highest BCUT2D eigenvalue weighted by Crippen LogP contribution is 2.09. The number of aromatic nitrogens is 1. The van der Waals surface area contributed by atoms with Crippen molar-refractivity contribution in [3.63, 3.8) is 0 Å². The molecule has 0 saturated heterocycles. The maximum atomic E-state index is 12.3. The highest BCUT2D eigenvalue weighted by atomic mass is 16.5. The van der Waals surface area contributed by atoms with E-state index in [4.69, 9.17) is 9.84 Å². The van der Waals surface area contributed by atoms with Crippen LogP contribution in [0.5, 0.6) is 0 Å². The van der Waals surface area contributed by atoms with Crippen LogP contribution in [0.2, 0.25) is 0 Å². The van der Waals surface area contributed by atoms with Gasteiger partial charge < -0.3 is 14.7 Å². The molecule has 0 bridgehead atoms. The molecule has 1 aromatic heterocycles. The first kappa shape index (κ1) is 15.1. The Morgan fingerprint density at radius 2 is 2.16 bits per heavy atom. The number of hydrogen-bond acceptors (Lipinski definition) is 4. The molecule has 1 unspecified atom stereocenters. The number of carbonyl (C=O) groups is 2. The zero-order valence-electron chi connectivity index (χ0n) is 11.3. The number of carboxylic acid groups (broad SMARTS) is 1. The van der Waals surface area contributed by atoms with E-state index >= 15 is 0 Å². The van der Waals surface area contributed by atoms with Crippen molar-refractivity contribution in [3.8, 4) is 0 Å².